The van der Waals surface area contributed by atoms with Crippen molar-refractivity contribution < 1.29 is 5.11 Å². The Morgan fingerprint density at radius 3 is 2.78 bits per heavy atom. The van der Waals surface area contributed by atoms with Gasteiger partial charge in [0.15, 0.2) is 0 Å². The normalized spacial score (nSPS) is 21.4. The third-order valence-electron chi connectivity index (χ3n) is 4.33. The number of hydrogen-bond acceptors (Lipinski definition) is 6. The van der Waals surface area contributed by atoms with Gasteiger partial charge in [-0.1, -0.05) is 12.1 Å². The lowest BCUT2D eigenvalue weighted by molar-refractivity contribution is 0.0559. The first-order valence-corrected chi connectivity index (χ1v) is 8.15. The predicted molar refractivity (Wildman–Crippen MR) is 87.3 cm³/mol. The molecule has 7 heteroatoms. The van der Waals surface area contributed by atoms with Crippen molar-refractivity contribution in [3.63, 3.8) is 0 Å². The van der Waals surface area contributed by atoms with Gasteiger partial charge in [-0.3, -0.25) is 0 Å². The number of hydrogen-bond donors (Lipinski definition) is 1. The van der Waals surface area contributed by atoms with Crippen molar-refractivity contribution in [3.8, 4) is 0 Å². The molecular weight excluding hydrogens is 292 g/mol. The minimum atomic E-state index is -0.974. The molecule has 1 aliphatic heterocycles. The van der Waals surface area contributed by atoms with Gasteiger partial charge in [0.1, 0.15) is 22.9 Å². The third kappa shape index (κ3) is 3.06. The van der Waals surface area contributed by atoms with Crippen LogP contribution in [0.15, 0.2) is 12.3 Å². The fourth-order valence-electron chi connectivity index (χ4n) is 2.90. The highest BCUT2D eigenvalue weighted by Crippen LogP contribution is 2.33. The molecule has 7 nitrogen and oxygen atoms in total. The molecule has 1 atom stereocenters. The van der Waals surface area contributed by atoms with E-state index in [1.165, 1.54) is 0 Å². The lowest BCUT2D eigenvalue weighted by atomic mass is 10.00. The molecule has 2 aromatic heterocycles. The summed E-state index contributed by atoms with van der Waals surface area (Å²) in [6.07, 6.45) is 3.34. The van der Waals surface area contributed by atoms with Crippen LogP contribution in [0.4, 0.5) is 5.82 Å². The van der Waals surface area contributed by atoms with E-state index in [1.54, 1.807) is 4.68 Å². The Labute approximate surface area is 136 Å². The molecule has 0 saturated carbocycles. The number of β-amino-alcohol motifs (C(OH)–C–C–N with tert-alkyl or cyclic N) is 1. The molecule has 0 amide bonds. The van der Waals surface area contributed by atoms with Crippen molar-refractivity contribution in [1.82, 2.24) is 25.0 Å². The van der Waals surface area contributed by atoms with Gasteiger partial charge in [-0.15, -0.1) is 5.10 Å². The van der Waals surface area contributed by atoms with Gasteiger partial charge in [0.05, 0.1) is 12.7 Å². The molecule has 0 aromatic carbocycles. The molecule has 1 saturated heterocycles. The van der Waals surface area contributed by atoms with Crippen molar-refractivity contribution in [2.24, 2.45) is 0 Å². The molecular formula is C16H24N6O. The van der Waals surface area contributed by atoms with Gasteiger partial charge in [0, 0.05) is 30.8 Å². The number of aromatic nitrogens is 5. The molecule has 3 rings (SSSR count). The maximum atomic E-state index is 11.0. The second-order valence-electron chi connectivity index (χ2n) is 6.50. The molecule has 1 fully saturated rings. The van der Waals surface area contributed by atoms with Crippen LogP contribution in [0.2, 0.25) is 0 Å². The SMILES string of the molecule is CCc1cc(N2CC[C@@](O)(c3cn(C(C)C)nn3)C2)nc(C)n1. The number of rotatable bonds is 4. The van der Waals surface area contributed by atoms with Crippen LogP contribution in [-0.2, 0) is 12.0 Å². The zero-order chi connectivity index (χ0) is 16.6. The van der Waals surface area contributed by atoms with Crippen molar-refractivity contribution >= 4 is 5.82 Å². The Balaban J connectivity index is 1.83. The highest BCUT2D eigenvalue weighted by Gasteiger charge is 2.40. The van der Waals surface area contributed by atoms with Crippen LogP contribution in [0.5, 0.6) is 0 Å². The van der Waals surface area contributed by atoms with Gasteiger partial charge in [0.2, 0.25) is 0 Å². The standard InChI is InChI=1S/C16H24N6O/c1-5-13-8-15(18-12(4)17-13)21-7-6-16(23,10-21)14-9-22(11(2)3)20-19-14/h8-9,11,23H,5-7,10H2,1-4H3/t16-/m0/s1. The quantitative estimate of drug-likeness (QED) is 0.923. The molecule has 0 spiro atoms. The summed E-state index contributed by atoms with van der Waals surface area (Å²) in [6.45, 7) is 9.28. The second-order valence-corrected chi connectivity index (χ2v) is 6.50. The Bertz CT molecular complexity index is 698. The number of aliphatic hydroxyl groups is 1. The summed E-state index contributed by atoms with van der Waals surface area (Å²) in [5.74, 6) is 1.64. The van der Waals surface area contributed by atoms with Crippen molar-refractivity contribution in [2.75, 3.05) is 18.0 Å². The highest BCUT2D eigenvalue weighted by atomic mass is 16.3. The largest absolute Gasteiger partial charge is 0.381 e. The fourth-order valence-corrected chi connectivity index (χ4v) is 2.90. The fraction of sp³-hybridized carbons (Fsp3) is 0.625. The first-order chi connectivity index (χ1) is 10.9. The average Bonchev–Trinajstić information content (AvgIpc) is 3.14. The van der Waals surface area contributed by atoms with Crippen LogP contribution >= 0.6 is 0 Å². The summed E-state index contributed by atoms with van der Waals surface area (Å²) >= 11 is 0. The van der Waals surface area contributed by atoms with Crippen molar-refractivity contribution in [3.05, 3.63) is 29.5 Å². The summed E-state index contributed by atoms with van der Waals surface area (Å²) in [7, 11) is 0. The van der Waals surface area contributed by atoms with Gasteiger partial charge in [-0.2, -0.15) is 0 Å². The van der Waals surface area contributed by atoms with E-state index in [-0.39, 0.29) is 6.04 Å². The average molecular weight is 316 g/mol. The van der Waals surface area contributed by atoms with E-state index in [0.29, 0.717) is 18.7 Å². The van der Waals surface area contributed by atoms with Gasteiger partial charge < -0.3 is 10.0 Å². The van der Waals surface area contributed by atoms with E-state index in [1.807, 2.05) is 33.0 Å². The minimum Gasteiger partial charge on any atom is -0.381 e. The van der Waals surface area contributed by atoms with Crippen LogP contribution in [0.3, 0.4) is 0 Å². The summed E-state index contributed by atoms with van der Waals surface area (Å²) in [4.78, 5) is 11.0. The van der Waals surface area contributed by atoms with E-state index in [9.17, 15) is 5.11 Å². The first-order valence-electron chi connectivity index (χ1n) is 8.15. The van der Waals surface area contributed by atoms with Gasteiger partial charge in [0.25, 0.3) is 0 Å². The summed E-state index contributed by atoms with van der Waals surface area (Å²) in [6, 6.07) is 2.23. The Morgan fingerprint density at radius 1 is 1.35 bits per heavy atom. The van der Waals surface area contributed by atoms with Gasteiger partial charge in [-0.25, -0.2) is 14.6 Å². The summed E-state index contributed by atoms with van der Waals surface area (Å²) in [5, 5.41) is 19.3. The van der Waals surface area contributed by atoms with E-state index in [4.69, 9.17) is 0 Å². The topological polar surface area (TPSA) is 80.0 Å². The Kier molecular flexibility index (Phi) is 4.06. The zero-order valence-corrected chi connectivity index (χ0v) is 14.2. The summed E-state index contributed by atoms with van der Waals surface area (Å²) < 4.78 is 1.78. The van der Waals surface area contributed by atoms with E-state index < -0.39 is 5.60 Å². The zero-order valence-electron chi connectivity index (χ0n) is 14.2. The Morgan fingerprint density at radius 2 is 2.13 bits per heavy atom. The molecule has 1 N–H and O–H groups in total. The number of nitrogens with zero attached hydrogens (tertiary/aromatic N) is 6. The number of aryl methyl sites for hydroxylation is 2. The monoisotopic (exact) mass is 316 g/mol. The molecule has 3 heterocycles. The van der Waals surface area contributed by atoms with E-state index in [0.717, 1.165) is 30.3 Å². The maximum absolute atomic E-state index is 11.0. The Hall–Kier alpha value is -2.02. The van der Waals surface area contributed by atoms with E-state index >= 15 is 0 Å². The second kappa shape index (κ2) is 5.88. The van der Waals surface area contributed by atoms with Crippen LogP contribution in [0.1, 0.15) is 50.4 Å². The maximum Gasteiger partial charge on any atom is 0.132 e. The van der Waals surface area contributed by atoms with Crippen LogP contribution < -0.4 is 4.90 Å². The lowest BCUT2D eigenvalue weighted by Gasteiger charge is -2.22. The third-order valence-corrected chi connectivity index (χ3v) is 4.33. The smallest absolute Gasteiger partial charge is 0.132 e. The van der Waals surface area contributed by atoms with Gasteiger partial charge in [-0.05, 0) is 27.2 Å². The molecule has 0 radical (unpaired) electrons. The summed E-state index contributed by atoms with van der Waals surface area (Å²) in [5.41, 5.74) is 0.683. The molecule has 23 heavy (non-hydrogen) atoms. The predicted octanol–water partition coefficient (Wildman–Crippen LogP) is 1.62. The van der Waals surface area contributed by atoms with Crippen LogP contribution in [0.25, 0.3) is 0 Å². The van der Waals surface area contributed by atoms with Crippen LogP contribution in [-0.4, -0.2) is 43.2 Å². The van der Waals surface area contributed by atoms with Crippen molar-refractivity contribution in [1.29, 1.82) is 0 Å². The molecule has 1 aliphatic rings. The molecule has 0 bridgehead atoms. The lowest BCUT2D eigenvalue weighted by Crippen LogP contribution is -2.31. The van der Waals surface area contributed by atoms with E-state index in [2.05, 4.69) is 32.1 Å². The molecule has 0 unspecified atom stereocenters. The van der Waals surface area contributed by atoms with Gasteiger partial charge >= 0.3 is 0 Å². The van der Waals surface area contributed by atoms with Crippen molar-refractivity contribution in [2.45, 2.75) is 52.2 Å². The molecule has 2 aromatic rings. The molecule has 0 aliphatic carbocycles. The first kappa shape index (κ1) is 15.9. The number of anilines is 1. The minimum absolute atomic E-state index is 0.231. The molecule has 124 valence electrons. The van der Waals surface area contributed by atoms with Crippen LogP contribution in [0, 0.1) is 6.92 Å². The highest BCUT2D eigenvalue weighted by molar-refractivity contribution is 5.43.